The number of carbonyl (C=O) groups excluding carboxylic acids is 1. The van der Waals surface area contributed by atoms with Gasteiger partial charge in [0, 0.05) is 5.56 Å². The summed E-state index contributed by atoms with van der Waals surface area (Å²) in [5, 5.41) is 1.74. The monoisotopic (exact) mass is 409 g/mol. The number of para-hydroxylation sites is 2. The number of ether oxygens (including phenoxy) is 1. The predicted octanol–water partition coefficient (Wildman–Crippen LogP) is 3.82. The first kappa shape index (κ1) is 19.0. The van der Waals surface area contributed by atoms with E-state index >= 15 is 0 Å². The van der Waals surface area contributed by atoms with Crippen LogP contribution in [-0.2, 0) is 10.1 Å². The van der Waals surface area contributed by atoms with Gasteiger partial charge < -0.3 is 14.2 Å². The molecule has 0 spiro atoms. The summed E-state index contributed by atoms with van der Waals surface area (Å²) < 4.78 is 36.9. The van der Waals surface area contributed by atoms with Crippen LogP contribution in [0.15, 0.2) is 78.9 Å². The van der Waals surface area contributed by atoms with Crippen molar-refractivity contribution < 1.29 is 22.1 Å². The molecule has 0 saturated heterocycles. The van der Waals surface area contributed by atoms with Gasteiger partial charge in [-0.25, -0.2) is 0 Å². The number of anilines is 1. The summed E-state index contributed by atoms with van der Waals surface area (Å²) in [6, 6.07) is 21.2. The van der Waals surface area contributed by atoms with Crippen LogP contribution in [0.5, 0.6) is 11.5 Å². The smallest absolute Gasteiger partial charge is 0.322 e. The van der Waals surface area contributed by atoms with Gasteiger partial charge in [0.25, 0.3) is 0 Å². The molecule has 0 amide bonds. The van der Waals surface area contributed by atoms with E-state index in [1.165, 1.54) is 0 Å². The normalized spacial score (nSPS) is 19.8. The molecule has 2 unspecified atom stereocenters. The van der Waals surface area contributed by atoms with E-state index in [0.717, 1.165) is 0 Å². The molecule has 1 heterocycles. The van der Waals surface area contributed by atoms with Crippen molar-refractivity contribution in [1.82, 2.24) is 0 Å². The minimum absolute atomic E-state index is 0.161. The molecule has 6 nitrogen and oxygen atoms in total. The third-order valence-corrected chi connectivity index (χ3v) is 6.33. The molecule has 1 aliphatic rings. The zero-order valence-corrected chi connectivity index (χ0v) is 16.4. The van der Waals surface area contributed by atoms with Gasteiger partial charge in [-0.2, -0.15) is 8.42 Å². The van der Waals surface area contributed by atoms with E-state index in [0.29, 0.717) is 22.6 Å². The first-order valence-corrected chi connectivity index (χ1v) is 10.5. The Morgan fingerprint density at radius 1 is 0.931 bits per heavy atom. The van der Waals surface area contributed by atoms with E-state index in [1.807, 2.05) is 0 Å². The molecular weight excluding hydrogens is 390 g/mol. The van der Waals surface area contributed by atoms with Gasteiger partial charge in [-0.05, 0) is 29.8 Å². The number of hydrogen-bond donors (Lipinski definition) is 1. The number of methoxy groups -OCH3 is 1. The van der Waals surface area contributed by atoms with Crippen LogP contribution in [-0.4, -0.2) is 26.6 Å². The maximum absolute atomic E-state index is 13.3. The van der Waals surface area contributed by atoms with E-state index < -0.39 is 27.2 Å². The number of benzene rings is 3. The van der Waals surface area contributed by atoms with Crippen molar-refractivity contribution in [3.05, 3.63) is 90.0 Å². The van der Waals surface area contributed by atoms with Gasteiger partial charge in [-0.3, -0.25) is 4.79 Å². The molecule has 0 aromatic heterocycles. The highest BCUT2D eigenvalue weighted by molar-refractivity contribution is 7.88. The topological polar surface area (TPSA) is 81.7 Å². The second-order valence-electron chi connectivity index (χ2n) is 6.62. The summed E-state index contributed by atoms with van der Waals surface area (Å²) in [4.78, 5) is 13.3. The SMILES string of the molecule is COc1ccc(C2Nc3ccccc3OS(=O)(=O)C2C(=O)c2ccccc2)cc1. The Hall–Kier alpha value is -3.32. The molecule has 0 fully saturated rings. The highest BCUT2D eigenvalue weighted by atomic mass is 32.2. The van der Waals surface area contributed by atoms with Crippen LogP contribution in [0, 0.1) is 0 Å². The lowest BCUT2D eigenvalue weighted by atomic mass is 9.96. The van der Waals surface area contributed by atoms with Crippen LogP contribution in [0.1, 0.15) is 22.0 Å². The van der Waals surface area contributed by atoms with E-state index in [9.17, 15) is 13.2 Å². The summed E-state index contributed by atoms with van der Waals surface area (Å²) in [5.41, 5.74) is 1.43. The molecule has 2 atom stereocenters. The van der Waals surface area contributed by atoms with Gasteiger partial charge in [-0.15, -0.1) is 0 Å². The highest BCUT2D eigenvalue weighted by Crippen LogP contribution is 2.38. The number of hydrogen-bond acceptors (Lipinski definition) is 6. The second-order valence-corrected chi connectivity index (χ2v) is 8.28. The van der Waals surface area contributed by atoms with Crippen LogP contribution in [0.2, 0.25) is 0 Å². The summed E-state index contributed by atoms with van der Waals surface area (Å²) in [5.74, 6) is 0.258. The molecule has 148 valence electrons. The fourth-order valence-electron chi connectivity index (χ4n) is 3.36. The van der Waals surface area contributed by atoms with Crippen molar-refractivity contribution in [3.63, 3.8) is 0 Å². The minimum Gasteiger partial charge on any atom is -0.497 e. The maximum Gasteiger partial charge on any atom is 0.322 e. The lowest BCUT2D eigenvalue weighted by Crippen LogP contribution is -2.40. The van der Waals surface area contributed by atoms with Crippen LogP contribution < -0.4 is 14.2 Å². The lowest BCUT2D eigenvalue weighted by Gasteiger charge is -2.24. The molecule has 4 rings (SSSR count). The van der Waals surface area contributed by atoms with Gasteiger partial charge in [0.2, 0.25) is 0 Å². The zero-order chi connectivity index (χ0) is 20.4. The molecule has 0 radical (unpaired) electrons. The molecule has 29 heavy (non-hydrogen) atoms. The second kappa shape index (κ2) is 7.60. The van der Waals surface area contributed by atoms with Crippen LogP contribution in [0.4, 0.5) is 5.69 Å². The van der Waals surface area contributed by atoms with Crippen molar-refractivity contribution in [2.24, 2.45) is 0 Å². The van der Waals surface area contributed by atoms with Gasteiger partial charge in [-0.1, -0.05) is 54.6 Å². The summed E-state index contributed by atoms with van der Waals surface area (Å²) in [6.45, 7) is 0. The first-order chi connectivity index (χ1) is 14.0. The molecule has 3 aromatic carbocycles. The van der Waals surface area contributed by atoms with Gasteiger partial charge in [0.1, 0.15) is 5.75 Å². The Morgan fingerprint density at radius 2 is 1.59 bits per heavy atom. The largest absolute Gasteiger partial charge is 0.497 e. The third kappa shape index (κ3) is 3.69. The Morgan fingerprint density at radius 3 is 2.28 bits per heavy atom. The number of carbonyl (C=O) groups is 1. The molecule has 0 aliphatic carbocycles. The Labute approximate surface area is 169 Å². The van der Waals surface area contributed by atoms with Crippen molar-refractivity contribution in [3.8, 4) is 11.5 Å². The fourth-order valence-corrected chi connectivity index (χ4v) is 4.82. The fraction of sp³-hybridized carbons (Fsp3) is 0.136. The zero-order valence-electron chi connectivity index (χ0n) is 15.6. The van der Waals surface area contributed by atoms with E-state index in [2.05, 4.69) is 5.32 Å². The van der Waals surface area contributed by atoms with Crippen LogP contribution in [0.25, 0.3) is 0 Å². The van der Waals surface area contributed by atoms with E-state index in [1.54, 1.807) is 86.0 Å². The van der Waals surface area contributed by atoms with E-state index in [4.69, 9.17) is 8.92 Å². The maximum atomic E-state index is 13.3. The molecular formula is C22H19NO5S. The van der Waals surface area contributed by atoms with E-state index in [-0.39, 0.29) is 5.75 Å². The Kier molecular flexibility index (Phi) is 4.98. The number of nitrogens with one attached hydrogen (secondary N) is 1. The average Bonchev–Trinajstić information content (AvgIpc) is 2.86. The van der Waals surface area contributed by atoms with Crippen molar-refractivity contribution >= 4 is 21.6 Å². The number of fused-ring (bicyclic) bond motifs is 1. The summed E-state index contributed by atoms with van der Waals surface area (Å²) in [7, 11) is -2.73. The number of ketones is 1. The molecule has 0 bridgehead atoms. The molecule has 0 saturated carbocycles. The molecule has 3 aromatic rings. The van der Waals surface area contributed by atoms with Gasteiger partial charge in [0.15, 0.2) is 16.8 Å². The predicted molar refractivity (Wildman–Crippen MR) is 110 cm³/mol. The molecule has 7 heteroatoms. The number of rotatable bonds is 4. The standard InChI is InChI=1S/C22H19NO5S/c1-27-17-13-11-15(12-14-17)20-22(21(24)16-7-3-2-4-8-16)29(25,26)28-19-10-6-5-9-18(19)23-20/h2-14,20,22-23H,1H3. The lowest BCUT2D eigenvalue weighted by molar-refractivity contribution is 0.0978. The quantitative estimate of drug-likeness (QED) is 0.521. The Bertz CT molecular complexity index is 1130. The molecule has 1 aliphatic heterocycles. The van der Waals surface area contributed by atoms with Gasteiger partial charge >= 0.3 is 10.1 Å². The van der Waals surface area contributed by atoms with Crippen LogP contribution >= 0.6 is 0 Å². The number of Topliss-reactive ketones (excluding diaryl/α,β-unsaturated/α-hetero) is 1. The average molecular weight is 409 g/mol. The van der Waals surface area contributed by atoms with Gasteiger partial charge in [0.05, 0.1) is 18.8 Å². The molecule has 1 N–H and O–H groups in total. The van der Waals surface area contributed by atoms with Crippen molar-refractivity contribution in [2.75, 3.05) is 12.4 Å². The highest BCUT2D eigenvalue weighted by Gasteiger charge is 2.45. The first-order valence-electron chi connectivity index (χ1n) is 9.02. The Balaban J connectivity index is 1.87. The third-order valence-electron chi connectivity index (χ3n) is 4.81. The summed E-state index contributed by atoms with van der Waals surface area (Å²) >= 11 is 0. The van der Waals surface area contributed by atoms with Crippen molar-refractivity contribution in [2.45, 2.75) is 11.3 Å². The summed E-state index contributed by atoms with van der Waals surface area (Å²) in [6.07, 6.45) is 0. The van der Waals surface area contributed by atoms with Crippen LogP contribution in [0.3, 0.4) is 0 Å². The minimum atomic E-state index is -4.28. The van der Waals surface area contributed by atoms with Crippen molar-refractivity contribution in [1.29, 1.82) is 0 Å².